The highest BCUT2D eigenvalue weighted by atomic mass is 19.3. The average Bonchev–Trinajstić information content (AvgIpc) is 2.68. The molecule has 0 spiro atoms. The number of ether oxygens (including phenoxy) is 3. The Bertz CT molecular complexity index is 769. The summed E-state index contributed by atoms with van der Waals surface area (Å²) in [4.78, 5) is 0. The largest absolute Gasteiger partial charge is 0.493 e. The van der Waals surface area contributed by atoms with Gasteiger partial charge in [0.05, 0.1) is 31.5 Å². The molecule has 0 amide bonds. The molecular formula is C22H25F3O3. The molecule has 3 rings (SSSR count). The van der Waals surface area contributed by atoms with E-state index in [9.17, 15) is 13.2 Å². The van der Waals surface area contributed by atoms with Crippen LogP contribution < -0.4 is 9.47 Å². The van der Waals surface area contributed by atoms with Crippen LogP contribution in [-0.2, 0) is 4.74 Å². The first-order valence-electron chi connectivity index (χ1n) is 9.53. The van der Waals surface area contributed by atoms with Gasteiger partial charge >= 0.3 is 0 Å². The van der Waals surface area contributed by atoms with E-state index in [1.807, 2.05) is 6.92 Å². The summed E-state index contributed by atoms with van der Waals surface area (Å²) in [5.74, 6) is -1.30. The molecular weight excluding hydrogens is 369 g/mol. The molecule has 6 heteroatoms. The molecule has 152 valence electrons. The Morgan fingerprint density at radius 2 is 1.75 bits per heavy atom. The highest BCUT2D eigenvalue weighted by Crippen LogP contribution is 2.37. The van der Waals surface area contributed by atoms with Crippen LogP contribution in [-0.4, -0.2) is 19.8 Å². The van der Waals surface area contributed by atoms with E-state index in [1.54, 1.807) is 6.92 Å². The molecule has 0 radical (unpaired) electrons. The van der Waals surface area contributed by atoms with Crippen molar-refractivity contribution in [2.75, 3.05) is 19.8 Å². The number of benzene rings is 2. The van der Waals surface area contributed by atoms with Crippen molar-refractivity contribution in [2.45, 2.75) is 39.2 Å². The number of hydrogen-bond acceptors (Lipinski definition) is 3. The van der Waals surface area contributed by atoms with Gasteiger partial charge in [0.15, 0.2) is 11.6 Å². The van der Waals surface area contributed by atoms with Gasteiger partial charge in [0, 0.05) is 5.92 Å². The van der Waals surface area contributed by atoms with Gasteiger partial charge in [0.25, 0.3) is 6.43 Å². The SMILES string of the molecule is CCOc1ccc(OCC2CCC(c3ccc(C)cc3)OC2)c(F)c1C(F)F. The molecule has 1 heterocycles. The number of hydrogen-bond donors (Lipinski definition) is 0. The highest BCUT2D eigenvalue weighted by Gasteiger charge is 2.26. The maximum Gasteiger partial charge on any atom is 0.270 e. The van der Waals surface area contributed by atoms with Crippen LogP contribution in [0, 0.1) is 18.7 Å². The first kappa shape index (κ1) is 20.5. The summed E-state index contributed by atoms with van der Waals surface area (Å²) in [7, 11) is 0. The summed E-state index contributed by atoms with van der Waals surface area (Å²) in [6.45, 7) is 4.58. The second-order valence-corrected chi connectivity index (χ2v) is 7.01. The Hall–Kier alpha value is -2.21. The molecule has 28 heavy (non-hydrogen) atoms. The Kier molecular flexibility index (Phi) is 6.83. The van der Waals surface area contributed by atoms with E-state index in [0.29, 0.717) is 6.61 Å². The number of halogens is 3. The number of aryl methyl sites for hydroxylation is 1. The third-order valence-corrected chi connectivity index (χ3v) is 4.92. The van der Waals surface area contributed by atoms with Gasteiger partial charge in [-0.1, -0.05) is 29.8 Å². The van der Waals surface area contributed by atoms with E-state index >= 15 is 0 Å². The van der Waals surface area contributed by atoms with Crippen molar-refractivity contribution in [3.8, 4) is 11.5 Å². The lowest BCUT2D eigenvalue weighted by Crippen LogP contribution is -2.25. The minimum absolute atomic E-state index is 0.0458. The Morgan fingerprint density at radius 3 is 2.36 bits per heavy atom. The first-order chi connectivity index (χ1) is 13.5. The van der Waals surface area contributed by atoms with E-state index in [0.717, 1.165) is 18.4 Å². The van der Waals surface area contributed by atoms with Gasteiger partial charge in [0.1, 0.15) is 5.75 Å². The molecule has 1 saturated heterocycles. The van der Waals surface area contributed by atoms with Crippen molar-refractivity contribution >= 4 is 0 Å². The van der Waals surface area contributed by atoms with E-state index in [4.69, 9.17) is 14.2 Å². The second kappa shape index (κ2) is 9.32. The topological polar surface area (TPSA) is 27.7 Å². The molecule has 0 aliphatic carbocycles. The third-order valence-electron chi connectivity index (χ3n) is 4.92. The fourth-order valence-electron chi connectivity index (χ4n) is 3.34. The molecule has 3 nitrogen and oxygen atoms in total. The zero-order valence-corrected chi connectivity index (χ0v) is 16.1. The lowest BCUT2D eigenvalue weighted by molar-refractivity contribution is -0.0289. The van der Waals surface area contributed by atoms with E-state index in [-0.39, 0.29) is 36.7 Å². The van der Waals surface area contributed by atoms with Crippen molar-refractivity contribution in [3.63, 3.8) is 0 Å². The smallest absolute Gasteiger partial charge is 0.270 e. The number of alkyl halides is 2. The Labute approximate surface area is 163 Å². The molecule has 0 bridgehead atoms. The van der Waals surface area contributed by atoms with Crippen LogP contribution in [0.4, 0.5) is 13.2 Å². The van der Waals surface area contributed by atoms with Crippen molar-refractivity contribution in [1.29, 1.82) is 0 Å². The summed E-state index contributed by atoms with van der Waals surface area (Å²) in [6, 6.07) is 10.9. The molecule has 1 aliphatic heterocycles. The molecule has 2 aromatic rings. The average molecular weight is 394 g/mol. The van der Waals surface area contributed by atoms with Gasteiger partial charge < -0.3 is 14.2 Å². The van der Waals surface area contributed by atoms with Gasteiger partial charge in [0.2, 0.25) is 0 Å². The fraction of sp³-hybridized carbons (Fsp3) is 0.455. The molecule has 0 aromatic heterocycles. The van der Waals surface area contributed by atoms with Gasteiger partial charge in [-0.25, -0.2) is 13.2 Å². The first-order valence-corrected chi connectivity index (χ1v) is 9.53. The summed E-state index contributed by atoms with van der Waals surface area (Å²) in [5, 5.41) is 0. The lowest BCUT2D eigenvalue weighted by atomic mass is 9.95. The molecule has 0 N–H and O–H groups in total. The minimum Gasteiger partial charge on any atom is -0.493 e. The maximum absolute atomic E-state index is 14.5. The second-order valence-electron chi connectivity index (χ2n) is 7.01. The zero-order valence-electron chi connectivity index (χ0n) is 16.1. The van der Waals surface area contributed by atoms with Crippen LogP contribution in [0.25, 0.3) is 0 Å². The van der Waals surface area contributed by atoms with Gasteiger partial charge in [-0.05, 0) is 44.4 Å². The maximum atomic E-state index is 14.5. The van der Waals surface area contributed by atoms with Crippen molar-refractivity contribution < 1.29 is 27.4 Å². The quantitative estimate of drug-likeness (QED) is 0.575. The van der Waals surface area contributed by atoms with E-state index in [1.165, 1.54) is 17.7 Å². The predicted molar refractivity (Wildman–Crippen MR) is 101 cm³/mol. The molecule has 2 unspecified atom stereocenters. The molecule has 1 fully saturated rings. The molecule has 1 aliphatic rings. The van der Waals surface area contributed by atoms with Gasteiger partial charge in [-0.2, -0.15) is 0 Å². The van der Waals surface area contributed by atoms with Crippen LogP contribution >= 0.6 is 0 Å². The Morgan fingerprint density at radius 1 is 1.04 bits per heavy atom. The van der Waals surface area contributed by atoms with E-state index in [2.05, 4.69) is 24.3 Å². The standard InChI is InChI=1S/C22H25F3O3/c1-3-26-18-10-11-19(21(23)20(18)22(24)25)28-13-15-6-9-17(27-12-15)16-7-4-14(2)5-8-16/h4-5,7-8,10-11,15,17,22H,3,6,9,12-13H2,1-2H3. The van der Waals surface area contributed by atoms with Gasteiger partial charge in [-0.15, -0.1) is 0 Å². The third kappa shape index (κ3) is 4.79. The minimum atomic E-state index is -2.97. The van der Waals surface area contributed by atoms with E-state index < -0.39 is 17.8 Å². The van der Waals surface area contributed by atoms with Crippen molar-refractivity contribution in [3.05, 3.63) is 58.9 Å². The van der Waals surface area contributed by atoms with Crippen LogP contribution in [0.5, 0.6) is 11.5 Å². The zero-order chi connectivity index (χ0) is 20.1. The summed E-state index contributed by atoms with van der Waals surface area (Å²) in [6.07, 6.45) is -1.23. The molecule has 0 saturated carbocycles. The Balaban J connectivity index is 1.58. The molecule has 2 aromatic carbocycles. The van der Waals surface area contributed by atoms with Crippen LogP contribution in [0.3, 0.4) is 0 Å². The molecule has 2 atom stereocenters. The normalized spacial score (nSPS) is 19.6. The van der Waals surface area contributed by atoms with Crippen LogP contribution in [0.2, 0.25) is 0 Å². The monoisotopic (exact) mass is 394 g/mol. The summed E-state index contributed by atoms with van der Waals surface area (Å²) in [5.41, 5.74) is 1.59. The van der Waals surface area contributed by atoms with Crippen LogP contribution in [0.15, 0.2) is 36.4 Å². The summed E-state index contributed by atoms with van der Waals surface area (Å²) < 4.78 is 57.4. The fourth-order valence-corrected chi connectivity index (χ4v) is 3.34. The van der Waals surface area contributed by atoms with Crippen molar-refractivity contribution in [2.24, 2.45) is 5.92 Å². The summed E-state index contributed by atoms with van der Waals surface area (Å²) >= 11 is 0. The van der Waals surface area contributed by atoms with Crippen molar-refractivity contribution in [1.82, 2.24) is 0 Å². The highest BCUT2D eigenvalue weighted by molar-refractivity contribution is 5.43. The predicted octanol–water partition coefficient (Wildman–Crippen LogP) is 6.02. The van der Waals surface area contributed by atoms with Gasteiger partial charge in [-0.3, -0.25) is 0 Å². The lowest BCUT2D eigenvalue weighted by Gasteiger charge is -2.29. The number of rotatable bonds is 7. The van der Waals surface area contributed by atoms with Crippen LogP contribution in [0.1, 0.15) is 49.0 Å².